The summed E-state index contributed by atoms with van der Waals surface area (Å²) in [5.74, 6) is 1.09. The van der Waals surface area contributed by atoms with E-state index in [4.69, 9.17) is 0 Å². The number of nitrogens with zero attached hydrogens (tertiary/aromatic N) is 2. The van der Waals surface area contributed by atoms with E-state index < -0.39 is 0 Å². The molecule has 1 aliphatic heterocycles. The van der Waals surface area contributed by atoms with E-state index in [1.54, 1.807) is 13.1 Å². The van der Waals surface area contributed by atoms with E-state index in [9.17, 15) is 4.79 Å². The number of carbonyl (C=O) groups excluding carboxylic acids is 1. The Bertz CT molecular complexity index is 386. The summed E-state index contributed by atoms with van der Waals surface area (Å²) >= 11 is 0. The lowest BCUT2D eigenvalue weighted by Crippen LogP contribution is -2.39. The first-order chi connectivity index (χ1) is 8.22. The Morgan fingerprint density at radius 1 is 1.47 bits per heavy atom. The Kier molecular flexibility index (Phi) is 3.77. The molecular formula is C14H20N2O. The highest BCUT2D eigenvalue weighted by atomic mass is 16.1. The van der Waals surface area contributed by atoms with Gasteiger partial charge in [0.25, 0.3) is 0 Å². The standard InChI is InChI=1S/C14H20N2O/c1-3-13-6-4-5-9-16(13)14-8-7-12(10-15-14)11(2)17/h7-8,10,13H,3-6,9H2,1-2H3. The normalized spacial score (nSPS) is 20.4. The third kappa shape index (κ3) is 2.65. The van der Waals surface area contributed by atoms with Crippen molar-refractivity contribution < 1.29 is 4.79 Å². The van der Waals surface area contributed by atoms with Crippen molar-refractivity contribution in [2.24, 2.45) is 0 Å². The number of rotatable bonds is 3. The van der Waals surface area contributed by atoms with Crippen LogP contribution in [0.2, 0.25) is 0 Å². The highest BCUT2D eigenvalue weighted by Gasteiger charge is 2.21. The van der Waals surface area contributed by atoms with Gasteiger partial charge < -0.3 is 4.90 Å². The van der Waals surface area contributed by atoms with Gasteiger partial charge in [0.15, 0.2) is 5.78 Å². The lowest BCUT2D eigenvalue weighted by molar-refractivity contribution is 0.101. The lowest BCUT2D eigenvalue weighted by Gasteiger charge is -2.36. The van der Waals surface area contributed by atoms with Gasteiger partial charge in [-0.2, -0.15) is 0 Å². The van der Waals surface area contributed by atoms with Gasteiger partial charge in [-0.05, 0) is 44.7 Å². The molecule has 1 saturated heterocycles. The first kappa shape index (κ1) is 12.1. The topological polar surface area (TPSA) is 33.2 Å². The van der Waals surface area contributed by atoms with Crippen LogP contribution in [0.5, 0.6) is 0 Å². The van der Waals surface area contributed by atoms with Crippen LogP contribution in [0, 0.1) is 0 Å². The second kappa shape index (κ2) is 5.30. The molecule has 0 aliphatic carbocycles. The third-order valence-corrected chi connectivity index (χ3v) is 3.55. The molecule has 1 aromatic heterocycles. The molecule has 17 heavy (non-hydrogen) atoms. The minimum atomic E-state index is 0.0785. The van der Waals surface area contributed by atoms with Crippen LogP contribution in [-0.4, -0.2) is 23.4 Å². The van der Waals surface area contributed by atoms with Crippen molar-refractivity contribution >= 4 is 11.6 Å². The van der Waals surface area contributed by atoms with Crippen LogP contribution in [0.15, 0.2) is 18.3 Å². The summed E-state index contributed by atoms with van der Waals surface area (Å²) in [6.07, 6.45) is 6.68. The molecule has 0 bridgehead atoms. The largest absolute Gasteiger partial charge is 0.354 e. The van der Waals surface area contributed by atoms with Gasteiger partial charge in [-0.25, -0.2) is 4.98 Å². The summed E-state index contributed by atoms with van der Waals surface area (Å²) in [6, 6.07) is 4.47. The molecule has 0 N–H and O–H groups in total. The van der Waals surface area contributed by atoms with E-state index in [2.05, 4.69) is 16.8 Å². The number of aromatic nitrogens is 1. The van der Waals surface area contributed by atoms with Gasteiger partial charge in [0.05, 0.1) is 0 Å². The zero-order chi connectivity index (χ0) is 12.3. The first-order valence-corrected chi connectivity index (χ1v) is 6.46. The molecule has 2 rings (SSSR count). The molecule has 0 amide bonds. The average molecular weight is 232 g/mol. The van der Waals surface area contributed by atoms with E-state index in [1.807, 2.05) is 12.1 Å². The smallest absolute Gasteiger partial charge is 0.161 e. The van der Waals surface area contributed by atoms with Crippen molar-refractivity contribution in [3.63, 3.8) is 0 Å². The fourth-order valence-corrected chi connectivity index (χ4v) is 2.49. The maximum Gasteiger partial charge on any atom is 0.161 e. The molecule has 1 aliphatic rings. The van der Waals surface area contributed by atoms with Crippen LogP contribution in [0.25, 0.3) is 0 Å². The monoisotopic (exact) mass is 232 g/mol. The minimum Gasteiger partial charge on any atom is -0.354 e. The van der Waals surface area contributed by atoms with Crippen LogP contribution in [0.3, 0.4) is 0 Å². The van der Waals surface area contributed by atoms with Crippen LogP contribution < -0.4 is 4.90 Å². The number of hydrogen-bond acceptors (Lipinski definition) is 3. The summed E-state index contributed by atoms with van der Waals surface area (Å²) < 4.78 is 0. The Balaban J connectivity index is 2.17. The van der Waals surface area contributed by atoms with Gasteiger partial charge in [-0.1, -0.05) is 6.92 Å². The van der Waals surface area contributed by atoms with Gasteiger partial charge in [0.2, 0.25) is 0 Å². The summed E-state index contributed by atoms with van der Waals surface area (Å²) in [4.78, 5) is 18.0. The maximum absolute atomic E-state index is 11.2. The van der Waals surface area contributed by atoms with E-state index in [1.165, 1.54) is 19.3 Å². The summed E-state index contributed by atoms with van der Waals surface area (Å²) in [7, 11) is 0. The van der Waals surface area contributed by atoms with Crippen molar-refractivity contribution in [3.05, 3.63) is 23.9 Å². The number of carbonyl (C=O) groups is 1. The highest BCUT2D eigenvalue weighted by Crippen LogP contribution is 2.24. The molecule has 0 saturated carbocycles. The molecule has 1 aromatic rings. The zero-order valence-corrected chi connectivity index (χ0v) is 10.6. The van der Waals surface area contributed by atoms with E-state index in [0.29, 0.717) is 11.6 Å². The van der Waals surface area contributed by atoms with Gasteiger partial charge in [0, 0.05) is 24.3 Å². The molecule has 92 valence electrons. The van der Waals surface area contributed by atoms with Gasteiger partial charge >= 0.3 is 0 Å². The molecule has 0 spiro atoms. The zero-order valence-electron chi connectivity index (χ0n) is 10.6. The van der Waals surface area contributed by atoms with Crippen molar-refractivity contribution in [3.8, 4) is 0 Å². The molecule has 3 nitrogen and oxygen atoms in total. The molecule has 1 atom stereocenters. The van der Waals surface area contributed by atoms with E-state index in [0.717, 1.165) is 18.8 Å². The quantitative estimate of drug-likeness (QED) is 0.751. The maximum atomic E-state index is 11.2. The number of hydrogen-bond donors (Lipinski definition) is 0. The molecule has 0 radical (unpaired) electrons. The highest BCUT2D eigenvalue weighted by molar-refractivity contribution is 5.93. The van der Waals surface area contributed by atoms with Gasteiger partial charge in [0.1, 0.15) is 5.82 Å². The molecular weight excluding hydrogens is 212 g/mol. The Morgan fingerprint density at radius 2 is 2.29 bits per heavy atom. The Morgan fingerprint density at radius 3 is 2.88 bits per heavy atom. The van der Waals surface area contributed by atoms with Crippen LogP contribution >= 0.6 is 0 Å². The first-order valence-electron chi connectivity index (χ1n) is 6.46. The summed E-state index contributed by atoms with van der Waals surface area (Å²) in [5, 5.41) is 0. The summed E-state index contributed by atoms with van der Waals surface area (Å²) in [6.45, 7) is 4.89. The number of pyridine rings is 1. The third-order valence-electron chi connectivity index (χ3n) is 3.55. The van der Waals surface area contributed by atoms with Crippen molar-refractivity contribution in [2.45, 2.75) is 45.6 Å². The summed E-state index contributed by atoms with van der Waals surface area (Å²) in [5.41, 5.74) is 0.693. The van der Waals surface area contributed by atoms with Crippen molar-refractivity contribution in [1.29, 1.82) is 0 Å². The predicted octanol–water partition coefficient (Wildman–Crippen LogP) is 3.05. The van der Waals surface area contributed by atoms with Crippen LogP contribution in [-0.2, 0) is 0 Å². The number of piperidine rings is 1. The van der Waals surface area contributed by atoms with E-state index >= 15 is 0 Å². The van der Waals surface area contributed by atoms with Crippen molar-refractivity contribution in [1.82, 2.24) is 4.98 Å². The lowest BCUT2D eigenvalue weighted by atomic mass is 10.00. The second-order valence-electron chi connectivity index (χ2n) is 4.71. The molecule has 0 aromatic carbocycles. The average Bonchev–Trinajstić information content (AvgIpc) is 2.39. The van der Waals surface area contributed by atoms with E-state index in [-0.39, 0.29) is 5.78 Å². The van der Waals surface area contributed by atoms with Gasteiger partial charge in [-0.15, -0.1) is 0 Å². The Labute approximate surface area is 103 Å². The minimum absolute atomic E-state index is 0.0785. The van der Waals surface area contributed by atoms with Crippen LogP contribution in [0.1, 0.15) is 49.9 Å². The number of ketones is 1. The van der Waals surface area contributed by atoms with Crippen LogP contribution in [0.4, 0.5) is 5.82 Å². The Hall–Kier alpha value is -1.38. The fourth-order valence-electron chi connectivity index (χ4n) is 2.49. The van der Waals surface area contributed by atoms with Gasteiger partial charge in [-0.3, -0.25) is 4.79 Å². The molecule has 3 heteroatoms. The molecule has 1 unspecified atom stereocenters. The molecule has 1 fully saturated rings. The predicted molar refractivity (Wildman–Crippen MR) is 69.5 cm³/mol. The van der Waals surface area contributed by atoms with Crippen molar-refractivity contribution in [2.75, 3.05) is 11.4 Å². The molecule has 2 heterocycles. The fraction of sp³-hybridized carbons (Fsp3) is 0.571. The number of Topliss-reactive ketones (excluding diaryl/α,β-unsaturated/α-hetero) is 1. The SMILES string of the molecule is CCC1CCCCN1c1ccc(C(C)=O)cn1. The number of anilines is 1. The second-order valence-corrected chi connectivity index (χ2v) is 4.71.